The second-order valence-electron chi connectivity index (χ2n) is 5.77. The lowest BCUT2D eigenvalue weighted by Gasteiger charge is -2.22. The van der Waals surface area contributed by atoms with Crippen LogP contribution >= 0.6 is 34.8 Å². The van der Waals surface area contributed by atoms with Gasteiger partial charge in [-0.1, -0.05) is 41.7 Å². The van der Waals surface area contributed by atoms with Crippen molar-refractivity contribution in [2.75, 3.05) is 31.5 Å². The molecule has 1 fully saturated rings. The fourth-order valence-electron chi connectivity index (χ4n) is 2.47. The lowest BCUT2D eigenvalue weighted by molar-refractivity contribution is -0.117. The number of nitrogens with two attached hydrogens (primary N) is 1. The highest BCUT2D eigenvalue weighted by Crippen LogP contribution is 2.34. The Morgan fingerprint density at radius 2 is 2.00 bits per heavy atom. The SMILES string of the molecule is CC1(CN)CCN(CC(=O)Nc2c(Cl)cc(Cl)cc2Cl)C1. The number of likely N-dealkylation sites (tertiary alicyclic amines) is 1. The van der Waals surface area contributed by atoms with Crippen LogP contribution in [0.1, 0.15) is 13.3 Å². The third-order valence-electron chi connectivity index (χ3n) is 3.77. The number of anilines is 1. The van der Waals surface area contributed by atoms with Crippen LogP contribution < -0.4 is 11.1 Å². The van der Waals surface area contributed by atoms with Crippen molar-refractivity contribution in [3.05, 3.63) is 27.2 Å². The van der Waals surface area contributed by atoms with E-state index in [1.165, 1.54) is 0 Å². The number of hydrogen-bond donors (Lipinski definition) is 2. The highest BCUT2D eigenvalue weighted by Gasteiger charge is 2.33. The summed E-state index contributed by atoms with van der Waals surface area (Å²) in [5, 5.41) is 3.83. The first-order chi connectivity index (χ1) is 9.83. The number of carbonyl (C=O) groups is 1. The third-order valence-corrected chi connectivity index (χ3v) is 4.58. The van der Waals surface area contributed by atoms with E-state index in [9.17, 15) is 4.79 Å². The molecule has 1 aromatic rings. The summed E-state index contributed by atoms with van der Waals surface area (Å²) in [6.07, 6.45) is 0.999. The van der Waals surface area contributed by atoms with Crippen molar-refractivity contribution in [3.8, 4) is 0 Å². The van der Waals surface area contributed by atoms with Gasteiger partial charge in [-0.05, 0) is 37.1 Å². The van der Waals surface area contributed by atoms with Crippen LogP contribution in [0, 0.1) is 5.41 Å². The van der Waals surface area contributed by atoms with Gasteiger partial charge in [0.1, 0.15) is 0 Å². The average Bonchev–Trinajstić information content (AvgIpc) is 2.76. The Kier molecular flexibility index (Phi) is 5.38. The largest absolute Gasteiger partial charge is 0.330 e. The van der Waals surface area contributed by atoms with Gasteiger partial charge in [-0.25, -0.2) is 0 Å². The maximum Gasteiger partial charge on any atom is 0.238 e. The van der Waals surface area contributed by atoms with Crippen LogP contribution in [-0.2, 0) is 4.79 Å². The number of benzene rings is 1. The normalized spacial score (nSPS) is 22.5. The zero-order valence-electron chi connectivity index (χ0n) is 11.8. The quantitative estimate of drug-likeness (QED) is 0.876. The molecule has 0 aromatic heterocycles. The molecule has 0 radical (unpaired) electrons. The minimum Gasteiger partial charge on any atom is -0.330 e. The molecular weight excluding hydrogens is 333 g/mol. The number of carbonyl (C=O) groups excluding carboxylic acids is 1. The van der Waals surface area contributed by atoms with Crippen LogP contribution in [0.3, 0.4) is 0 Å². The van der Waals surface area contributed by atoms with Gasteiger partial charge in [0, 0.05) is 11.6 Å². The molecule has 7 heteroatoms. The van der Waals surface area contributed by atoms with Crippen molar-refractivity contribution in [1.29, 1.82) is 0 Å². The molecule has 2 rings (SSSR count). The van der Waals surface area contributed by atoms with Gasteiger partial charge in [0.15, 0.2) is 0 Å². The predicted octanol–water partition coefficient (Wildman–Crippen LogP) is 3.26. The van der Waals surface area contributed by atoms with E-state index < -0.39 is 0 Å². The Morgan fingerprint density at radius 3 is 2.52 bits per heavy atom. The van der Waals surface area contributed by atoms with Gasteiger partial charge < -0.3 is 11.1 Å². The van der Waals surface area contributed by atoms with Crippen molar-refractivity contribution in [2.24, 2.45) is 11.1 Å². The number of nitrogens with zero attached hydrogens (tertiary/aromatic N) is 1. The minimum absolute atomic E-state index is 0.0931. The molecule has 3 N–H and O–H groups in total. The van der Waals surface area contributed by atoms with Gasteiger partial charge in [-0.3, -0.25) is 9.69 Å². The van der Waals surface area contributed by atoms with E-state index in [1.54, 1.807) is 12.1 Å². The van der Waals surface area contributed by atoms with Crippen LogP contribution in [-0.4, -0.2) is 37.0 Å². The summed E-state index contributed by atoms with van der Waals surface area (Å²) >= 11 is 17.9. The zero-order valence-corrected chi connectivity index (χ0v) is 14.0. The van der Waals surface area contributed by atoms with E-state index >= 15 is 0 Å². The maximum absolute atomic E-state index is 12.1. The molecule has 1 aromatic carbocycles. The minimum atomic E-state index is -0.151. The standard InChI is InChI=1S/C14H18Cl3N3O/c1-14(7-18)2-3-20(8-14)6-12(21)19-13-10(16)4-9(15)5-11(13)17/h4-5H,2-3,6-8,18H2,1H3,(H,19,21). The Labute approximate surface area is 139 Å². The molecule has 0 aliphatic carbocycles. The second kappa shape index (κ2) is 6.71. The molecule has 4 nitrogen and oxygen atoms in total. The van der Waals surface area contributed by atoms with E-state index in [1.807, 2.05) is 0 Å². The van der Waals surface area contributed by atoms with E-state index in [0.29, 0.717) is 33.8 Å². The highest BCUT2D eigenvalue weighted by atomic mass is 35.5. The van der Waals surface area contributed by atoms with Gasteiger partial charge >= 0.3 is 0 Å². The predicted molar refractivity (Wildman–Crippen MR) is 88.3 cm³/mol. The fourth-order valence-corrected chi connectivity index (χ4v) is 3.38. The Bertz CT molecular complexity index is 529. The fraction of sp³-hybridized carbons (Fsp3) is 0.500. The van der Waals surface area contributed by atoms with E-state index in [2.05, 4.69) is 17.1 Å². The molecule has 1 amide bonds. The second-order valence-corrected chi connectivity index (χ2v) is 7.02. The van der Waals surface area contributed by atoms with Crippen molar-refractivity contribution in [2.45, 2.75) is 13.3 Å². The number of halogens is 3. The Morgan fingerprint density at radius 1 is 1.38 bits per heavy atom. The van der Waals surface area contributed by atoms with Crippen LogP contribution in [0.4, 0.5) is 5.69 Å². The summed E-state index contributed by atoms with van der Waals surface area (Å²) in [7, 11) is 0. The van der Waals surface area contributed by atoms with Gasteiger partial charge in [0.2, 0.25) is 5.91 Å². The number of amides is 1. The molecule has 1 heterocycles. The number of rotatable bonds is 4. The molecule has 0 spiro atoms. The van der Waals surface area contributed by atoms with Gasteiger partial charge in [0.05, 0.1) is 22.3 Å². The number of nitrogens with one attached hydrogen (secondary N) is 1. The molecule has 116 valence electrons. The average molecular weight is 351 g/mol. The summed E-state index contributed by atoms with van der Waals surface area (Å²) in [4.78, 5) is 14.2. The monoisotopic (exact) mass is 349 g/mol. The van der Waals surface area contributed by atoms with E-state index in [4.69, 9.17) is 40.5 Å². The Hall–Kier alpha value is -0.520. The highest BCUT2D eigenvalue weighted by molar-refractivity contribution is 6.42. The first kappa shape index (κ1) is 16.8. The smallest absolute Gasteiger partial charge is 0.238 e. The number of hydrogen-bond acceptors (Lipinski definition) is 3. The van der Waals surface area contributed by atoms with Crippen LogP contribution in [0.15, 0.2) is 12.1 Å². The van der Waals surface area contributed by atoms with Gasteiger partial charge in [-0.15, -0.1) is 0 Å². The van der Waals surface area contributed by atoms with Crippen LogP contribution in [0.25, 0.3) is 0 Å². The summed E-state index contributed by atoms with van der Waals surface area (Å²) in [5.41, 5.74) is 6.25. The molecule has 21 heavy (non-hydrogen) atoms. The van der Waals surface area contributed by atoms with Crippen molar-refractivity contribution in [1.82, 2.24) is 4.90 Å². The summed E-state index contributed by atoms with van der Waals surface area (Å²) in [6.45, 7) is 4.74. The molecule has 1 aliphatic rings. The zero-order chi connectivity index (χ0) is 15.6. The van der Waals surface area contributed by atoms with E-state index in [0.717, 1.165) is 19.5 Å². The summed E-state index contributed by atoms with van der Waals surface area (Å²) < 4.78 is 0. The summed E-state index contributed by atoms with van der Waals surface area (Å²) in [5.74, 6) is -0.151. The lowest BCUT2D eigenvalue weighted by Crippen LogP contribution is -2.35. The third kappa shape index (κ3) is 4.24. The molecule has 0 bridgehead atoms. The molecule has 0 saturated carbocycles. The first-order valence-electron chi connectivity index (χ1n) is 6.70. The molecule has 1 aliphatic heterocycles. The topological polar surface area (TPSA) is 58.4 Å². The van der Waals surface area contributed by atoms with Crippen LogP contribution in [0.2, 0.25) is 15.1 Å². The van der Waals surface area contributed by atoms with E-state index in [-0.39, 0.29) is 11.3 Å². The molecule has 1 atom stereocenters. The van der Waals surface area contributed by atoms with Crippen LogP contribution in [0.5, 0.6) is 0 Å². The molecule has 1 unspecified atom stereocenters. The van der Waals surface area contributed by atoms with Crippen molar-refractivity contribution < 1.29 is 4.79 Å². The van der Waals surface area contributed by atoms with Gasteiger partial charge in [-0.2, -0.15) is 0 Å². The Balaban J connectivity index is 1.97. The first-order valence-corrected chi connectivity index (χ1v) is 7.83. The molecular formula is C14H18Cl3N3O. The summed E-state index contributed by atoms with van der Waals surface area (Å²) in [6, 6.07) is 3.10. The molecule has 1 saturated heterocycles. The maximum atomic E-state index is 12.1. The van der Waals surface area contributed by atoms with Gasteiger partial charge in [0.25, 0.3) is 0 Å². The van der Waals surface area contributed by atoms with Crippen molar-refractivity contribution in [3.63, 3.8) is 0 Å². The van der Waals surface area contributed by atoms with Crippen molar-refractivity contribution >= 4 is 46.4 Å². The lowest BCUT2D eigenvalue weighted by atomic mass is 9.90.